The fourth-order valence-electron chi connectivity index (χ4n) is 3.12. The highest BCUT2D eigenvalue weighted by Gasteiger charge is 2.22. The highest BCUT2D eigenvalue weighted by Crippen LogP contribution is 2.35. The number of rotatable bonds is 12. The van der Waals surface area contributed by atoms with E-state index in [2.05, 4.69) is 34.6 Å². The lowest BCUT2D eigenvalue weighted by Crippen LogP contribution is -2.20. The second-order valence-corrected chi connectivity index (χ2v) is 7.15. The van der Waals surface area contributed by atoms with Gasteiger partial charge in [-0.2, -0.15) is 6.54 Å². The van der Waals surface area contributed by atoms with E-state index in [1.807, 2.05) is 0 Å². The molecule has 1 nitrogen and oxygen atoms in total. The van der Waals surface area contributed by atoms with E-state index in [1.165, 1.54) is 51.4 Å². The Morgan fingerprint density at radius 1 is 0.947 bits per heavy atom. The van der Waals surface area contributed by atoms with Crippen molar-refractivity contribution in [2.24, 2.45) is 17.3 Å². The normalized spacial score (nSPS) is 18.0. The molecule has 0 aliphatic heterocycles. The molecule has 0 heterocycles. The third-order valence-electron chi connectivity index (χ3n) is 4.88. The monoisotopic (exact) mass is 268 g/mol. The Balaban J connectivity index is 3.87. The van der Waals surface area contributed by atoms with Crippen LogP contribution in [0.5, 0.6) is 0 Å². The third-order valence-corrected chi connectivity index (χ3v) is 4.88. The molecule has 0 aromatic carbocycles. The summed E-state index contributed by atoms with van der Waals surface area (Å²) in [5.74, 6) is 1.73. The molecule has 0 bridgehead atoms. The van der Waals surface area contributed by atoms with Crippen LogP contribution in [0.2, 0.25) is 0 Å². The Morgan fingerprint density at radius 3 is 2.11 bits per heavy atom. The molecule has 0 radical (unpaired) electrons. The Morgan fingerprint density at radius 2 is 1.58 bits per heavy atom. The SMILES string of the molecule is CCCCCC(C)CCC(C)CC(C)(CC)CC[NH-]. The summed E-state index contributed by atoms with van der Waals surface area (Å²) in [4.78, 5) is 0. The molecule has 0 aromatic heterocycles. The van der Waals surface area contributed by atoms with Crippen LogP contribution in [0.4, 0.5) is 0 Å². The highest BCUT2D eigenvalue weighted by atomic mass is 14.5. The van der Waals surface area contributed by atoms with Crippen LogP contribution in [-0.4, -0.2) is 6.54 Å². The summed E-state index contributed by atoms with van der Waals surface area (Å²) in [5.41, 5.74) is 7.88. The summed E-state index contributed by atoms with van der Waals surface area (Å²) in [6.07, 6.45) is 11.9. The van der Waals surface area contributed by atoms with Crippen LogP contribution in [-0.2, 0) is 0 Å². The van der Waals surface area contributed by atoms with Crippen LogP contribution >= 0.6 is 0 Å². The lowest BCUT2D eigenvalue weighted by molar-refractivity contribution is 0.214. The van der Waals surface area contributed by atoms with Crippen molar-refractivity contribution in [1.29, 1.82) is 0 Å². The number of nitrogens with one attached hydrogen (secondary N) is 1. The summed E-state index contributed by atoms with van der Waals surface area (Å²) in [6, 6.07) is 0. The van der Waals surface area contributed by atoms with Gasteiger partial charge in [0, 0.05) is 0 Å². The molecule has 0 aliphatic rings. The molecular weight excluding hydrogens is 230 g/mol. The Hall–Kier alpha value is -0.0400. The predicted octanol–water partition coefficient (Wildman–Crippen LogP) is 6.87. The molecule has 3 unspecified atom stereocenters. The largest absolute Gasteiger partial charge is 0.677 e. The lowest BCUT2D eigenvalue weighted by Gasteiger charge is -2.32. The molecule has 0 saturated heterocycles. The average molecular weight is 269 g/mol. The van der Waals surface area contributed by atoms with Crippen molar-refractivity contribution < 1.29 is 0 Å². The summed E-state index contributed by atoms with van der Waals surface area (Å²) in [5, 5.41) is 0. The van der Waals surface area contributed by atoms with Crippen molar-refractivity contribution in [3.63, 3.8) is 0 Å². The summed E-state index contributed by atoms with van der Waals surface area (Å²) >= 11 is 0. The van der Waals surface area contributed by atoms with E-state index >= 15 is 0 Å². The van der Waals surface area contributed by atoms with E-state index in [0.29, 0.717) is 12.0 Å². The topological polar surface area (TPSA) is 23.8 Å². The zero-order valence-electron chi connectivity index (χ0n) is 14.2. The van der Waals surface area contributed by atoms with Crippen molar-refractivity contribution in [1.82, 2.24) is 0 Å². The standard InChI is InChI=1S/C18H38N/c1-6-8-9-10-16(3)11-12-17(4)15-18(5,7-2)13-14-19/h16-17,19H,6-15H2,1-5H3/q-1. The van der Waals surface area contributed by atoms with Gasteiger partial charge in [-0.15, -0.1) is 0 Å². The van der Waals surface area contributed by atoms with Crippen LogP contribution in [0.15, 0.2) is 0 Å². The molecule has 0 spiro atoms. The van der Waals surface area contributed by atoms with E-state index in [0.717, 1.165) is 18.3 Å². The molecular formula is C18H38N-. The first-order valence-corrected chi connectivity index (χ1v) is 8.62. The first-order chi connectivity index (χ1) is 8.97. The van der Waals surface area contributed by atoms with Crippen LogP contribution < -0.4 is 0 Å². The quantitative estimate of drug-likeness (QED) is 0.345. The maximum Gasteiger partial charge on any atom is -0.0342 e. The fourth-order valence-corrected chi connectivity index (χ4v) is 3.12. The van der Waals surface area contributed by atoms with Gasteiger partial charge in [0.1, 0.15) is 0 Å². The lowest BCUT2D eigenvalue weighted by atomic mass is 9.75. The molecule has 19 heavy (non-hydrogen) atoms. The van der Waals surface area contributed by atoms with Crippen LogP contribution in [0.25, 0.3) is 5.73 Å². The molecule has 1 heteroatoms. The molecule has 3 atom stereocenters. The minimum atomic E-state index is 0.409. The number of unbranched alkanes of at least 4 members (excludes halogenated alkanes) is 2. The van der Waals surface area contributed by atoms with Gasteiger partial charge in [0.05, 0.1) is 0 Å². The first-order valence-electron chi connectivity index (χ1n) is 8.62. The van der Waals surface area contributed by atoms with Crippen LogP contribution in [0.3, 0.4) is 0 Å². The molecule has 0 fully saturated rings. The van der Waals surface area contributed by atoms with Crippen molar-refractivity contribution in [3.8, 4) is 0 Å². The highest BCUT2D eigenvalue weighted by molar-refractivity contribution is 4.78. The fraction of sp³-hybridized carbons (Fsp3) is 1.00. The van der Waals surface area contributed by atoms with Gasteiger partial charge >= 0.3 is 0 Å². The van der Waals surface area contributed by atoms with Crippen molar-refractivity contribution in [2.75, 3.05) is 6.54 Å². The summed E-state index contributed by atoms with van der Waals surface area (Å²) in [6.45, 7) is 12.4. The number of hydrogen-bond donors (Lipinski definition) is 0. The van der Waals surface area contributed by atoms with E-state index in [-0.39, 0.29) is 0 Å². The Kier molecular flexibility index (Phi) is 10.7. The summed E-state index contributed by atoms with van der Waals surface area (Å²) < 4.78 is 0. The van der Waals surface area contributed by atoms with Gasteiger partial charge in [0.15, 0.2) is 0 Å². The van der Waals surface area contributed by atoms with Gasteiger partial charge in [0.2, 0.25) is 0 Å². The van der Waals surface area contributed by atoms with Gasteiger partial charge in [-0.1, -0.05) is 86.0 Å². The molecule has 1 N–H and O–H groups in total. The zero-order chi connectivity index (χ0) is 14.7. The van der Waals surface area contributed by atoms with Crippen molar-refractivity contribution in [3.05, 3.63) is 5.73 Å². The first kappa shape index (κ1) is 19.0. The van der Waals surface area contributed by atoms with Crippen molar-refractivity contribution >= 4 is 0 Å². The second kappa shape index (κ2) is 10.7. The van der Waals surface area contributed by atoms with Crippen LogP contribution in [0, 0.1) is 17.3 Å². The van der Waals surface area contributed by atoms with Crippen molar-refractivity contribution in [2.45, 2.75) is 92.4 Å². The molecule has 0 aromatic rings. The van der Waals surface area contributed by atoms with Gasteiger partial charge in [0.25, 0.3) is 0 Å². The van der Waals surface area contributed by atoms with Gasteiger partial charge in [-0.3, -0.25) is 0 Å². The maximum atomic E-state index is 7.47. The minimum Gasteiger partial charge on any atom is -0.677 e. The minimum absolute atomic E-state index is 0.409. The van der Waals surface area contributed by atoms with E-state index in [9.17, 15) is 0 Å². The molecule has 0 saturated carbocycles. The predicted molar refractivity (Wildman–Crippen MR) is 88.5 cm³/mol. The second-order valence-electron chi connectivity index (χ2n) is 7.15. The Labute approximate surface area is 122 Å². The molecule has 116 valence electrons. The van der Waals surface area contributed by atoms with E-state index < -0.39 is 0 Å². The molecule has 0 aliphatic carbocycles. The third kappa shape index (κ3) is 9.49. The summed E-state index contributed by atoms with van der Waals surface area (Å²) in [7, 11) is 0. The average Bonchev–Trinajstić information content (AvgIpc) is 2.37. The molecule has 0 amide bonds. The van der Waals surface area contributed by atoms with Gasteiger partial charge in [-0.25, -0.2) is 0 Å². The smallest absolute Gasteiger partial charge is 0.0342 e. The Bertz CT molecular complexity index is 202. The number of hydrogen-bond acceptors (Lipinski definition) is 0. The van der Waals surface area contributed by atoms with Crippen LogP contribution in [0.1, 0.15) is 92.4 Å². The van der Waals surface area contributed by atoms with Gasteiger partial charge in [-0.05, 0) is 23.7 Å². The van der Waals surface area contributed by atoms with E-state index in [4.69, 9.17) is 5.73 Å². The zero-order valence-corrected chi connectivity index (χ0v) is 14.2. The maximum absolute atomic E-state index is 7.47. The van der Waals surface area contributed by atoms with E-state index in [1.54, 1.807) is 0 Å². The molecule has 0 rings (SSSR count). The van der Waals surface area contributed by atoms with Gasteiger partial charge < -0.3 is 5.73 Å².